The number of anilines is 2. The van der Waals surface area contributed by atoms with E-state index in [4.69, 9.17) is 36.6 Å². The van der Waals surface area contributed by atoms with Gasteiger partial charge in [-0.05, 0) is 152 Å². The number of azo groups is 2. The van der Waals surface area contributed by atoms with Crippen LogP contribution in [0.5, 0.6) is 0 Å². The number of hydrogen-bond acceptors (Lipinski definition) is 17. The van der Waals surface area contributed by atoms with E-state index >= 15 is 0 Å². The largest absolute Gasteiger partial charge is 0.395 e. The molecule has 0 saturated carbocycles. The van der Waals surface area contributed by atoms with Crippen molar-refractivity contribution in [3.05, 3.63) is 153 Å². The average Bonchev–Trinajstić information content (AvgIpc) is 3.59. The van der Waals surface area contributed by atoms with Crippen molar-refractivity contribution in [2.45, 2.75) is 113 Å². The minimum absolute atomic E-state index is 0.0475. The molecule has 444 valence electrons. The molecule has 0 heterocycles. The van der Waals surface area contributed by atoms with E-state index in [0.717, 1.165) is 37.3 Å². The Balaban J connectivity index is 0.000000302. The summed E-state index contributed by atoms with van der Waals surface area (Å²) in [4.78, 5) is 29.4. The molecule has 0 spiro atoms. The molecular formula is C60H79ClN12O8P2. The monoisotopic (exact) mass is 1190 g/mol. The molecule has 0 aliphatic carbocycles. The summed E-state index contributed by atoms with van der Waals surface area (Å²) in [6, 6.07) is 39.3. The summed E-state index contributed by atoms with van der Waals surface area (Å²) < 4.78 is 22.1. The molecule has 0 aliphatic rings. The van der Waals surface area contributed by atoms with Gasteiger partial charge in [0.1, 0.15) is 6.61 Å². The first-order valence-corrected chi connectivity index (χ1v) is 31.0. The molecule has 0 aliphatic heterocycles. The van der Waals surface area contributed by atoms with Crippen LogP contribution in [0.15, 0.2) is 142 Å². The maximum Gasteiger partial charge on any atom is 0.277 e. The summed E-state index contributed by atoms with van der Waals surface area (Å²) in [5, 5.41) is 60.6. The Hall–Kier alpha value is -6.67. The maximum absolute atomic E-state index is 11.4. The molecule has 0 amide bonds. The zero-order chi connectivity index (χ0) is 60.8. The molecule has 2 atom stereocenters. The van der Waals surface area contributed by atoms with Crippen molar-refractivity contribution >= 4 is 94.5 Å². The van der Waals surface area contributed by atoms with Crippen LogP contribution in [0.1, 0.15) is 88.5 Å². The minimum Gasteiger partial charge on any atom is -0.395 e. The van der Waals surface area contributed by atoms with Crippen LogP contribution in [0.4, 0.5) is 45.5 Å². The van der Waals surface area contributed by atoms with Crippen LogP contribution in [-0.2, 0) is 13.6 Å². The molecule has 0 saturated heterocycles. The van der Waals surface area contributed by atoms with Crippen LogP contribution >= 0.6 is 27.4 Å². The molecule has 83 heavy (non-hydrogen) atoms. The first-order valence-electron chi connectivity index (χ1n) is 27.8. The highest BCUT2D eigenvalue weighted by Crippen LogP contribution is 2.49. The lowest BCUT2D eigenvalue weighted by Crippen LogP contribution is -2.34. The van der Waals surface area contributed by atoms with Gasteiger partial charge in [0, 0.05) is 84.6 Å². The normalized spacial score (nSPS) is 12.2. The topological polar surface area (TPSA) is 225 Å². The van der Waals surface area contributed by atoms with Crippen LogP contribution in [-0.4, -0.2) is 108 Å². The lowest BCUT2D eigenvalue weighted by molar-refractivity contribution is -0.383. The SMILES string of the molecule is CCCN(CCO)c1ccc(N=Nc2ccc([N+](=O)[O-])c3ccccc23)cc1.CCCN(CCOP(OCCC#N)N(C(C)C)C(C)C)c1ccc(N=Nc2ccc([N+](=O)[O-])c3ccccc23)cc1.[C-]#[N+]CCOP(Cl)N(C(C)C)C(C)C. The van der Waals surface area contributed by atoms with Crippen molar-refractivity contribution in [1.82, 2.24) is 9.34 Å². The van der Waals surface area contributed by atoms with E-state index in [2.05, 4.69) is 120 Å². The number of fused-ring (bicyclic) bond motifs is 2. The van der Waals surface area contributed by atoms with Crippen molar-refractivity contribution < 1.29 is 28.5 Å². The van der Waals surface area contributed by atoms with Crippen LogP contribution in [0, 0.1) is 38.1 Å². The Morgan fingerprint density at radius 3 is 1.40 bits per heavy atom. The first-order chi connectivity index (χ1) is 39.9. The number of halogens is 1. The highest BCUT2D eigenvalue weighted by atomic mass is 35.7. The van der Waals surface area contributed by atoms with Crippen molar-refractivity contribution in [2.75, 3.05) is 69.0 Å². The third kappa shape index (κ3) is 21.8. The molecule has 20 nitrogen and oxygen atoms in total. The molecule has 0 bridgehead atoms. The quantitative estimate of drug-likeness (QED) is 0.0111. The number of benzene rings is 6. The van der Waals surface area contributed by atoms with Crippen LogP contribution < -0.4 is 9.80 Å². The summed E-state index contributed by atoms with van der Waals surface area (Å²) in [6.07, 6.45) is 2.30. The van der Waals surface area contributed by atoms with Gasteiger partial charge in [0.05, 0.1) is 75.7 Å². The Bertz CT molecular complexity index is 3070. The van der Waals surface area contributed by atoms with Gasteiger partial charge in [0.2, 0.25) is 14.2 Å². The number of nitro benzene ring substituents is 2. The van der Waals surface area contributed by atoms with Gasteiger partial charge < -0.3 is 33.3 Å². The molecule has 1 N–H and O–H groups in total. The van der Waals surface area contributed by atoms with Gasteiger partial charge in [-0.25, -0.2) is 15.9 Å². The number of nitriles is 1. The smallest absolute Gasteiger partial charge is 0.277 e. The first kappa shape index (κ1) is 68.8. The second-order valence-corrected chi connectivity index (χ2v) is 23.3. The zero-order valence-electron chi connectivity index (χ0n) is 49.3. The molecular weight excluding hydrogens is 1110 g/mol. The predicted molar refractivity (Wildman–Crippen MR) is 338 cm³/mol. The highest BCUT2D eigenvalue weighted by molar-refractivity contribution is 7.78. The number of non-ortho nitro benzene ring substituents is 2. The summed E-state index contributed by atoms with van der Waals surface area (Å²) >= 11 is 6.14. The third-order valence-electron chi connectivity index (χ3n) is 12.3. The van der Waals surface area contributed by atoms with Gasteiger partial charge in [-0.2, -0.15) is 15.5 Å². The van der Waals surface area contributed by atoms with Gasteiger partial charge in [-0.15, -0.1) is 10.2 Å². The second kappa shape index (κ2) is 36.8. The van der Waals surface area contributed by atoms with E-state index < -0.39 is 21.1 Å². The van der Waals surface area contributed by atoms with E-state index in [0.29, 0.717) is 102 Å². The minimum atomic E-state index is -1.28. The van der Waals surface area contributed by atoms with E-state index in [1.54, 1.807) is 42.5 Å². The number of aliphatic hydroxyl groups is 1. The van der Waals surface area contributed by atoms with Crippen molar-refractivity contribution in [2.24, 2.45) is 20.5 Å². The van der Waals surface area contributed by atoms with Crippen molar-refractivity contribution in [3.8, 4) is 6.07 Å². The van der Waals surface area contributed by atoms with Gasteiger partial charge in [0.15, 0.2) is 0 Å². The van der Waals surface area contributed by atoms with Crippen LogP contribution in [0.25, 0.3) is 26.4 Å². The van der Waals surface area contributed by atoms with Crippen molar-refractivity contribution in [3.63, 3.8) is 0 Å². The predicted octanol–water partition coefficient (Wildman–Crippen LogP) is 17.6. The number of aliphatic hydroxyl groups excluding tert-OH is 1. The molecule has 2 unspecified atom stereocenters. The Kier molecular flexibility index (Phi) is 30.5. The van der Waals surface area contributed by atoms with Gasteiger partial charge in [0.25, 0.3) is 19.9 Å². The van der Waals surface area contributed by atoms with Gasteiger partial charge >= 0.3 is 0 Å². The molecule has 6 rings (SSSR count). The molecule has 0 radical (unpaired) electrons. The summed E-state index contributed by atoms with van der Waals surface area (Å²) in [6.45, 7) is 32.5. The lowest BCUT2D eigenvalue weighted by Gasteiger charge is -2.36. The summed E-state index contributed by atoms with van der Waals surface area (Å²) in [7, 11) is -2.36. The van der Waals surface area contributed by atoms with E-state index in [-0.39, 0.29) is 35.0 Å². The Morgan fingerprint density at radius 1 is 0.590 bits per heavy atom. The molecule has 0 fully saturated rings. The number of hydrogen-bond donors (Lipinski definition) is 1. The summed E-state index contributed by atoms with van der Waals surface area (Å²) in [5.41, 5.74) is 4.70. The molecule has 23 heteroatoms. The maximum atomic E-state index is 11.4. The average molecular weight is 1190 g/mol. The number of rotatable bonds is 30. The molecule has 0 aromatic heterocycles. The fourth-order valence-electron chi connectivity index (χ4n) is 8.84. The summed E-state index contributed by atoms with van der Waals surface area (Å²) in [5.74, 6) is 0. The van der Waals surface area contributed by atoms with Crippen LogP contribution in [0.2, 0.25) is 0 Å². The number of nitro groups is 2. The van der Waals surface area contributed by atoms with E-state index in [9.17, 15) is 25.3 Å². The fraction of sp³-hybridized carbons (Fsp3) is 0.433. The lowest BCUT2D eigenvalue weighted by atomic mass is 10.1. The standard InChI is InChI=1S/C30H39N6O4P.C21H22N4O3.C9H18ClN2OP/c1-6-19-34(20-22-40-41(39-21-9-18-31)35(23(2)3)24(4)5)26-14-12-25(13-15-26)32-33-29-16-17-30(36(37)38)28-11-8-7-10-27(28)29;1-2-13-24(14-15-26)17-9-7-16(8-10-17)22-23-20-11-12-21(25(27)28)19-6-4-3-5-18(19)20;1-8(2)12(9(3)4)14(10)13-7-6-11-5/h7-8,10-17,23-24H,6,9,19-22H2,1-5H3;3-12,26H,2,13-15H2,1H3;8-9H,6-7H2,1-4H3. The van der Waals surface area contributed by atoms with Crippen molar-refractivity contribution in [1.29, 1.82) is 5.26 Å². The van der Waals surface area contributed by atoms with E-state index in [1.165, 1.54) is 12.1 Å². The second-order valence-electron chi connectivity index (χ2n) is 19.8. The Labute approximate surface area is 496 Å². The highest BCUT2D eigenvalue weighted by Gasteiger charge is 2.28. The van der Waals surface area contributed by atoms with Gasteiger partial charge in [-0.3, -0.25) is 20.2 Å². The van der Waals surface area contributed by atoms with Gasteiger partial charge in [-0.1, -0.05) is 50.2 Å². The van der Waals surface area contributed by atoms with E-state index in [1.807, 2.05) is 66.7 Å². The third-order valence-corrected chi connectivity index (χ3v) is 17.0. The van der Waals surface area contributed by atoms with Crippen LogP contribution in [0.3, 0.4) is 0 Å². The number of nitrogens with zero attached hydrogens (tertiary/aromatic N) is 12. The molecule has 6 aromatic carbocycles. The zero-order valence-corrected chi connectivity index (χ0v) is 51.8. The Morgan fingerprint density at radius 2 is 1.01 bits per heavy atom. The fourth-order valence-corrected chi connectivity index (χ4v) is 12.8. The molecule has 6 aromatic rings.